The summed E-state index contributed by atoms with van der Waals surface area (Å²) in [6.07, 6.45) is 10.5. The number of imide groups is 1. The third-order valence-electron chi connectivity index (χ3n) is 16.0. The van der Waals surface area contributed by atoms with Crippen molar-refractivity contribution in [1.29, 1.82) is 0 Å². The molecule has 1 atom stereocenters. The lowest BCUT2D eigenvalue weighted by Crippen LogP contribution is -2.47. The number of anilines is 4. The Balaban J connectivity index is 0.823. The molecule has 0 bridgehead atoms. The van der Waals surface area contributed by atoms with Crippen LogP contribution in [0.3, 0.4) is 0 Å². The van der Waals surface area contributed by atoms with E-state index in [9.17, 15) is 18.0 Å². The lowest BCUT2D eigenvalue weighted by molar-refractivity contribution is -0.133. The maximum Gasteiger partial charge on any atom is 0.301 e. The Labute approximate surface area is 473 Å². The Morgan fingerprint density at radius 2 is 1.35 bits per heavy atom. The number of nitrogens with zero attached hydrogens (tertiary/aromatic N) is 7. The number of carbonyl (C=O) groups excluding carboxylic acids is 3. The summed E-state index contributed by atoms with van der Waals surface area (Å²) >= 11 is 0. The molecule has 8 aromatic rings. The lowest BCUT2D eigenvalue weighted by Gasteiger charge is -2.38. The molecule has 82 heavy (non-hydrogen) atoms. The van der Waals surface area contributed by atoms with Crippen LogP contribution in [0.5, 0.6) is 0 Å². The molecule has 3 N–H and O–H groups in total. The number of carbonyl (C=O) groups is 3. The van der Waals surface area contributed by atoms with Crippen molar-refractivity contribution in [2.45, 2.75) is 63.1 Å². The number of rotatable bonds is 18. The molecular weight excluding hydrogens is 1070 g/mol. The average molecular weight is 1130 g/mol. The van der Waals surface area contributed by atoms with Crippen LogP contribution in [0.1, 0.15) is 78.1 Å². The van der Waals surface area contributed by atoms with Crippen molar-refractivity contribution in [2.75, 3.05) is 66.2 Å². The highest BCUT2D eigenvalue weighted by molar-refractivity contribution is 7.90. The maximum absolute atomic E-state index is 16.7. The van der Waals surface area contributed by atoms with Gasteiger partial charge >= 0.3 is 10.2 Å². The molecule has 0 saturated carbocycles. The van der Waals surface area contributed by atoms with Gasteiger partial charge in [0.25, 0.3) is 0 Å². The second kappa shape index (κ2) is 23.6. The van der Waals surface area contributed by atoms with Gasteiger partial charge in [0.1, 0.15) is 28.9 Å². The molecule has 3 aromatic heterocycles. The van der Waals surface area contributed by atoms with Gasteiger partial charge in [-0.25, -0.2) is 28.1 Å². The Bertz CT molecular complexity index is 3650. The monoisotopic (exact) mass is 1130 g/mol. The molecule has 11 rings (SSSR count). The van der Waals surface area contributed by atoms with Crippen molar-refractivity contribution in [3.05, 3.63) is 197 Å². The third-order valence-corrected chi connectivity index (χ3v) is 17.5. The number of ketones is 1. The highest BCUT2D eigenvalue weighted by Gasteiger charge is 2.41. The average Bonchev–Trinajstić information content (AvgIpc) is 3.97. The zero-order chi connectivity index (χ0) is 57.1. The molecular formula is C62H61F3N10O6S. The number of fused-ring (bicyclic) bond motifs is 1. The van der Waals surface area contributed by atoms with E-state index < -0.39 is 56.4 Å². The summed E-state index contributed by atoms with van der Waals surface area (Å²) in [5.41, 5.74) is 2.02. The maximum atomic E-state index is 16.7. The third kappa shape index (κ3) is 11.0. The van der Waals surface area contributed by atoms with Gasteiger partial charge in [-0.2, -0.15) is 12.7 Å². The van der Waals surface area contributed by atoms with Gasteiger partial charge < -0.3 is 24.4 Å². The van der Waals surface area contributed by atoms with Crippen molar-refractivity contribution in [1.82, 2.24) is 29.1 Å². The summed E-state index contributed by atoms with van der Waals surface area (Å²) in [6, 6.07) is 37.0. The standard InChI is InChI=1S/C62H61F3N10O6S/c1-3-72(2)82(79,80)71-52-21-20-50(63)56(57(52)65)58(77)49-38-75(62(43-13-7-4-8-14-43,44-15-9-5-10-16-44)45-17-11-6-12-18-45)59-48(49)33-41(35-66-59)42-36-67-61(68-37-42)74-31-27-47(28-32-74)81-39-40-25-29-73(30-26-40)54-23-19-46(34-51(54)64)69-53-22-24-55(76)70-60(53)78/h4-21,23,33-38,40,47,53,69,71H,3,22,24-32,39H2,1-2H3,(H,70,76,78). The number of piperidine rings is 3. The predicted octanol–water partition coefficient (Wildman–Crippen LogP) is 9.71. The minimum atomic E-state index is -4.26. The fourth-order valence-electron chi connectivity index (χ4n) is 11.4. The van der Waals surface area contributed by atoms with Crippen molar-refractivity contribution >= 4 is 61.9 Å². The molecule has 6 heterocycles. The number of aromatic nitrogens is 4. The SMILES string of the molecule is CCN(C)S(=O)(=O)Nc1ccc(F)c(C(=O)c2cn(C(c3ccccc3)(c3ccccc3)c3ccccc3)c3ncc(-c4cnc(N5CCC(OCC6CCN(c7ccc(NC8CCC(=O)NC8=O)cc7F)CC6)CC5)nc4)cc23)c1F. The summed E-state index contributed by atoms with van der Waals surface area (Å²) < 4.78 is 85.9. The van der Waals surface area contributed by atoms with E-state index in [2.05, 4.69) is 20.3 Å². The van der Waals surface area contributed by atoms with E-state index in [0.717, 1.165) is 58.8 Å². The molecule has 3 saturated heterocycles. The van der Waals surface area contributed by atoms with Gasteiger partial charge in [-0.1, -0.05) is 97.9 Å². The fraction of sp³-hybridized carbons (Fsp3) is 0.290. The number of ether oxygens (including phenoxy) is 1. The zero-order valence-corrected chi connectivity index (χ0v) is 46.1. The van der Waals surface area contributed by atoms with Gasteiger partial charge in [0.2, 0.25) is 23.5 Å². The Morgan fingerprint density at radius 3 is 1.95 bits per heavy atom. The molecule has 2 amide bonds. The van der Waals surface area contributed by atoms with E-state index in [1.807, 2.05) is 100 Å². The molecule has 0 radical (unpaired) electrons. The minimum Gasteiger partial charge on any atom is -0.378 e. The first-order valence-electron chi connectivity index (χ1n) is 27.5. The van der Waals surface area contributed by atoms with E-state index in [4.69, 9.17) is 19.7 Å². The fourth-order valence-corrected chi connectivity index (χ4v) is 12.3. The number of amides is 2. The molecule has 16 nitrogen and oxygen atoms in total. The topological polar surface area (TPSA) is 184 Å². The Hall–Kier alpha value is -8.46. The van der Waals surface area contributed by atoms with Gasteiger partial charge in [-0.15, -0.1) is 0 Å². The van der Waals surface area contributed by atoms with Crippen molar-refractivity contribution in [3.63, 3.8) is 0 Å². The van der Waals surface area contributed by atoms with Crippen molar-refractivity contribution < 1.29 is 40.7 Å². The molecule has 5 aromatic carbocycles. The van der Waals surface area contributed by atoms with Crippen molar-refractivity contribution in [3.8, 4) is 11.1 Å². The van der Waals surface area contributed by atoms with Crippen LogP contribution in [0, 0.1) is 23.4 Å². The molecule has 0 aliphatic carbocycles. The Morgan fingerprint density at radius 1 is 0.744 bits per heavy atom. The van der Waals surface area contributed by atoms with E-state index >= 15 is 18.0 Å². The van der Waals surface area contributed by atoms with E-state index in [1.165, 1.54) is 13.1 Å². The summed E-state index contributed by atoms with van der Waals surface area (Å²) in [7, 11) is -2.96. The zero-order valence-electron chi connectivity index (χ0n) is 45.3. The first-order valence-corrected chi connectivity index (χ1v) is 28.9. The number of benzene rings is 5. The normalized spacial score (nSPS) is 16.6. The first kappa shape index (κ1) is 55.4. The second-order valence-corrected chi connectivity index (χ2v) is 22.8. The van der Waals surface area contributed by atoms with Gasteiger partial charge in [0.15, 0.2) is 5.82 Å². The van der Waals surface area contributed by atoms with Crippen LogP contribution in [0.25, 0.3) is 22.2 Å². The molecule has 3 aliphatic heterocycles. The largest absolute Gasteiger partial charge is 0.378 e. The van der Waals surface area contributed by atoms with Crippen LogP contribution in [-0.4, -0.2) is 108 Å². The summed E-state index contributed by atoms with van der Waals surface area (Å²) in [4.78, 5) is 57.6. The van der Waals surface area contributed by atoms with Gasteiger partial charge in [0, 0.05) is 99.8 Å². The lowest BCUT2D eigenvalue weighted by atomic mass is 9.76. The molecule has 422 valence electrons. The molecule has 1 unspecified atom stereocenters. The molecule has 0 spiro atoms. The number of halogens is 3. The number of pyridine rings is 1. The van der Waals surface area contributed by atoms with Crippen molar-refractivity contribution in [2.24, 2.45) is 5.92 Å². The first-order chi connectivity index (χ1) is 39.7. The molecule has 3 aliphatic rings. The van der Waals surface area contributed by atoms with E-state index in [-0.39, 0.29) is 41.7 Å². The van der Waals surface area contributed by atoms with E-state index in [0.29, 0.717) is 79.2 Å². The molecule has 3 fully saturated rings. The smallest absolute Gasteiger partial charge is 0.301 e. The van der Waals surface area contributed by atoms with Gasteiger partial charge in [0.05, 0.1) is 28.6 Å². The number of hydrogen-bond donors (Lipinski definition) is 3. The Kier molecular flexibility index (Phi) is 15.9. The highest BCUT2D eigenvalue weighted by Crippen LogP contribution is 2.45. The summed E-state index contributed by atoms with van der Waals surface area (Å²) in [5, 5.41) is 5.63. The quantitative estimate of drug-likeness (QED) is 0.0421. The second-order valence-electron chi connectivity index (χ2n) is 21.0. The van der Waals surface area contributed by atoms with Crippen LogP contribution in [-0.2, 0) is 30.1 Å². The molecule has 20 heteroatoms. The van der Waals surface area contributed by atoms with E-state index in [1.54, 1.807) is 49.9 Å². The number of hydrogen-bond acceptors (Lipinski definition) is 12. The predicted molar refractivity (Wildman–Crippen MR) is 308 cm³/mol. The number of nitrogens with one attached hydrogen (secondary N) is 3. The summed E-state index contributed by atoms with van der Waals surface area (Å²) in [5.74, 6) is -3.81. The van der Waals surface area contributed by atoms with Crippen LogP contribution in [0.15, 0.2) is 152 Å². The highest BCUT2D eigenvalue weighted by atomic mass is 32.2. The minimum absolute atomic E-state index is 0.0540. The van der Waals surface area contributed by atoms with Gasteiger partial charge in [-0.3, -0.25) is 24.4 Å². The van der Waals surface area contributed by atoms with Crippen LogP contribution in [0.2, 0.25) is 0 Å². The van der Waals surface area contributed by atoms with Crippen LogP contribution < -0.4 is 25.2 Å². The summed E-state index contributed by atoms with van der Waals surface area (Å²) in [6.45, 7) is 4.98. The van der Waals surface area contributed by atoms with Crippen LogP contribution in [0.4, 0.5) is 36.2 Å². The van der Waals surface area contributed by atoms with Gasteiger partial charge in [-0.05, 0) is 91.1 Å². The van der Waals surface area contributed by atoms with Crippen LogP contribution >= 0.6 is 0 Å².